The number of thioether (sulfide) groups is 1. The van der Waals surface area contributed by atoms with Crippen LogP contribution in [0.3, 0.4) is 0 Å². The summed E-state index contributed by atoms with van der Waals surface area (Å²) in [6.45, 7) is 0.671. The minimum absolute atomic E-state index is 0.241. The molecule has 1 aliphatic heterocycles. The van der Waals surface area contributed by atoms with Gasteiger partial charge in [-0.3, -0.25) is 0 Å². The second-order valence-corrected chi connectivity index (χ2v) is 5.60. The number of carbonyl (C=O) groups excluding carboxylic acids is 1. The van der Waals surface area contributed by atoms with E-state index in [1.54, 1.807) is 11.8 Å². The summed E-state index contributed by atoms with van der Waals surface area (Å²) in [6.07, 6.45) is 2.01. The van der Waals surface area contributed by atoms with Gasteiger partial charge in [0.15, 0.2) is 11.5 Å². The average Bonchev–Trinajstić information content (AvgIpc) is 3.01. The van der Waals surface area contributed by atoms with E-state index in [9.17, 15) is 4.79 Å². The molecule has 0 saturated heterocycles. The highest BCUT2D eigenvalue weighted by Gasteiger charge is 2.13. The van der Waals surface area contributed by atoms with Crippen molar-refractivity contribution in [2.45, 2.75) is 11.4 Å². The van der Waals surface area contributed by atoms with E-state index in [-0.39, 0.29) is 12.8 Å². The summed E-state index contributed by atoms with van der Waals surface area (Å²) in [5.74, 6) is 1.45. The van der Waals surface area contributed by atoms with Gasteiger partial charge in [-0.25, -0.2) is 4.79 Å². The number of nitrogens with one attached hydrogen (secondary N) is 2. The maximum Gasteiger partial charge on any atom is 0.319 e. The number of rotatable bonds is 4. The fraction of sp³-hybridized carbons (Fsp3) is 0.188. The lowest BCUT2D eigenvalue weighted by molar-refractivity contribution is 0.174. The number of carbonyl (C=O) groups is 1. The van der Waals surface area contributed by atoms with E-state index >= 15 is 0 Å². The minimum Gasteiger partial charge on any atom is -0.454 e. The van der Waals surface area contributed by atoms with Gasteiger partial charge in [0.1, 0.15) is 0 Å². The van der Waals surface area contributed by atoms with Crippen LogP contribution >= 0.6 is 11.8 Å². The molecule has 1 aliphatic rings. The highest BCUT2D eigenvalue weighted by atomic mass is 32.2. The van der Waals surface area contributed by atoms with E-state index in [1.807, 2.05) is 48.7 Å². The number of anilines is 1. The molecule has 0 aliphatic carbocycles. The molecule has 0 aromatic heterocycles. The molecule has 2 aromatic rings. The summed E-state index contributed by atoms with van der Waals surface area (Å²) >= 11 is 1.66. The Morgan fingerprint density at radius 2 is 1.91 bits per heavy atom. The molecule has 0 saturated carbocycles. The van der Waals surface area contributed by atoms with Crippen LogP contribution in [0.5, 0.6) is 11.5 Å². The Kier molecular flexibility index (Phi) is 4.39. The molecule has 3 rings (SSSR count). The van der Waals surface area contributed by atoms with E-state index in [0.29, 0.717) is 12.3 Å². The van der Waals surface area contributed by atoms with Crippen molar-refractivity contribution in [3.8, 4) is 11.5 Å². The molecule has 114 valence electrons. The zero-order chi connectivity index (χ0) is 15.4. The van der Waals surface area contributed by atoms with Crippen LogP contribution in [0.25, 0.3) is 0 Å². The van der Waals surface area contributed by atoms with Crippen molar-refractivity contribution in [3.05, 3.63) is 48.0 Å². The van der Waals surface area contributed by atoms with Crippen LogP contribution in [-0.4, -0.2) is 19.1 Å². The first-order valence-electron chi connectivity index (χ1n) is 6.82. The third-order valence-corrected chi connectivity index (χ3v) is 3.98. The van der Waals surface area contributed by atoms with Crippen LogP contribution in [0, 0.1) is 0 Å². The number of benzene rings is 2. The Hall–Kier alpha value is -2.34. The topological polar surface area (TPSA) is 59.6 Å². The van der Waals surface area contributed by atoms with E-state index < -0.39 is 0 Å². The third-order valence-electron chi connectivity index (χ3n) is 3.24. The molecule has 0 spiro atoms. The number of fused-ring (bicyclic) bond motifs is 1. The molecule has 0 bridgehead atoms. The first-order valence-corrected chi connectivity index (χ1v) is 8.04. The van der Waals surface area contributed by atoms with Crippen molar-refractivity contribution in [1.29, 1.82) is 0 Å². The molecule has 0 atom stereocenters. The van der Waals surface area contributed by atoms with E-state index in [0.717, 1.165) is 21.9 Å². The van der Waals surface area contributed by atoms with Crippen LogP contribution in [-0.2, 0) is 6.54 Å². The van der Waals surface area contributed by atoms with Crippen LogP contribution < -0.4 is 20.1 Å². The Morgan fingerprint density at radius 1 is 1.14 bits per heavy atom. The maximum absolute atomic E-state index is 11.9. The first kappa shape index (κ1) is 14.6. The molecule has 5 nitrogen and oxygen atoms in total. The minimum atomic E-state index is -0.241. The molecular weight excluding hydrogens is 300 g/mol. The van der Waals surface area contributed by atoms with Gasteiger partial charge in [-0.05, 0) is 48.2 Å². The van der Waals surface area contributed by atoms with Gasteiger partial charge in [-0.1, -0.05) is 6.07 Å². The smallest absolute Gasteiger partial charge is 0.319 e. The molecule has 2 N–H and O–H groups in total. The predicted octanol–water partition coefficient (Wildman–Crippen LogP) is 3.46. The molecule has 6 heteroatoms. The lowest BCUT2D eigenvalue weighted by Crippen LogP contribution is -2.28. The van der Waals surface area contributed by atoms with Gasteiger partial charge >= 0.3 is 6.03 Å². The first-order chi connectivity index (χ1) is 10.7. The quantitative estimate of drug-likeness (QED) is 0.848. The molecular formula is C16H16N2O3S. The summed E-state index contributed by atoms with van der Waals surface area (Å²) in [7, 11) is 0. The number of urea groups is 1. The standard InChI is InChI=1S/C16H16N2O3S/c1-22-13-5-3-12(4-6-13)18-16(19)17-9-11-2-7-14-15(8-11)21-10-20-14/h2-8H,9-10H2,1H3,(H2,17,18,19). The van der Waals surface area contributed by atoms with Crippen LogP contribution in [0.4, 0.5) is 10.5 Å². The van der Waals surface area contributed by atoms with Gasteiger partial charge in [-0.15, -0.1) is 11.8 Å². The van der Waals surface area contributed by atoms with Crippen molar-refractivity contribution in [3.63, 3.8) is 0 Å². The zero-order valence-corrected chi connectivity index (χ0v) is 12.9. The van der Waals surface area contributed by atoms with Crippen molar-refractivity contribution >= 4 is 23.5 Å². The fourth-order valence-corrected chi connectivity index (χ4v) is 2.49. The van der Waals surface area contributed by atoms with E-state index in [2.05, 4.69) is 10.6 Å². The van der Waals surface area contributed by atoms with Crippen LogP contribution in [0.1, 0.15) is 5.56 Å². The molecule has 0 radical (unpaired) electrons. The zero-order valence-electron chi connectivity index (χ0n) is 12.1. The Morgan fingerprint density at radius 3 is 2.68 bits per heavy atom. The summed E-state index contributed by atoms with van der Waals surface area (Å²) < 4.78 is 10.6. The second kappa shape index (κ2) is 6.62. The summed E-state index contributed by atoms with van der Waals surface area (Å²) in [4.78, 5) is 13.0. The molecule has 0 fully saturated rings. The fourth-order valence-electron chi connectivity index (χ4n) is 2.08. The number of amides is 2. The highest BCUT2D eigenvalue weighted by Crippen LogP contribution is 2.32. The SMILES string of the molecule is CSc1ccc(NC(=O)NCc2ccc3c(c2)OCO3)cc1. The number of hydrogen-bond acceptors (Lipinski definition) is 4. The Labute approximate surface area is 133 Å². The third kappa shape index (κ3) is 3.46. The van der Waals surface area contributed by atoms with Gasteiger partial charge in [0.25, 0.3) is 0 Å². The van der Waals surface area contributed by atoms with Crippen molar-refractivity contribution in [1.82, 2.24) is 5.32 Å². The van der Waals surface area contributed by atoms with Crippen LogP contribution in [0.15, 0.2) is 47.4 Å². The number of hydrogen-bond donors (Lipinski definition) is 2. The maximum atomic E-state index is 11.9. The number of ether oxygens (including phenoxy) is 2. The van der Waals surface area contributed by atoms with Crippen molar-refractivity contribution in [2.75, 3.05) is 18.4 Å². The average molecular weight is 316 g/mol. The van der Waals surface area contributed by atoms with E-state index in [4.69, 9.17) is 9.47 Å². The van der Waals surface area contributed by atoms with Gasteiger partial charge in [0, 0.05) is 17.1 Å². The lowest BCUT2D eigenvalue weighted by Gasteiger charge is -2.08. The Balaban J connectivity index is 1.53. The monoisotopic (exact) mass is 316 g/mol. The summed E-state index contributed by atoms with van der Waals surface area (Å²) in [5, 5.41) is 5.62. The van der Waals surface area contributed by atoms with Gasteiger partial charge in [0.05, 0.1) is 0 Å². The molecule has 22 heavy (non-hydrogen) atoms. The van der Waals surface area contributed by atoms with Crippen molar-refractivity contribution < 1.29 is 14.3 Å². The predicted molar refractivity (Wildman–Crippen MR) is 86.6 cm³/mol. The van der Waals surface area contributed by atoms with Gasteiger partial charge in [-0.2, -0.15) is 0 Å². The van der Waals surface area contributed by atoms with Crippen molar-refractivity contribution in [2.24, 2.45) is 0 Å². The molecule has 2 amide bonds. The molecule has 2 aromatic carbocycles. The highest BCUT2D eigenvalue weighted by molar-refractivity contribution is 7.98. The van der Waals surface area contributed by atoms with Crippen LogP contribution in [0.2, 0.25) is 0 Å². The largest absolute Gasteiger partial charge is 0.454 e. The van der Waals surface area contributed by atoms with Gasteiger partial charge < -0.3 is 20.1 Å². The molecule has 0 unspecified atom stereocenters. The second-order valence-electron chi connectivity index (χ2n) is 4.72. The lowest BCUT2D eigenvalue weighted by atomic mass is 10.2. The van der Waals surface area contributed by atoms with Gasteiger partial charge in [0.2, 0.25) is 6.79 Å². The van der Waals surface area contributed by atoms with E-state index in [1.165, 1.54) is 0 Å². The Bertz CT molecular complexity index is 674. The normalized spacial score (nSPS) is 12.0. The summed E-state index contributed by atoms with van der Waals surface area (Å²) in [5.41, 5.74) is 1.72. The molecule has 1 heterocycles. The summed E-state index contributed by atoms with van der Waals surface area (Å²) in [6, 6.07) is 13.1.